The molecule has 0 bridgehead atoms. The lowest BCUT2D eigenvalue weighted by atomic mass is 9.89. The molecule has 2 rings (SSSR count). The molecule has 1 aliphatic rings. The van der Waals surface area contributed by atoms with Gasteiger partial charge in [0.05, 0.1) is 0 Å². The highest BCUT2D eigenvalue weighted by atomic mass is 19.3. The predicted octanol–water partition coefficient (Wildman–Crippen LogP) is 5.04. The van der Waals surface area contributed by atoms with Crippen LogP contribution < -0.4 is 0 Å². The maximum atomic E-state index is 14.3. The van der Waals surface area contributed by atoms with Gasteiger partial charge < -0.3 is 9.64 Å². The zero-order chi connectivity index (χ0) is 18.7. The molecular formula is C19H26F3NO2. The standard InChI is InChI=1S/C19H26F3NO2/c1-18(2,3)25-17(24)23-10-8-15(9-11-23)13-19(21,22)12-14-4-6-16(20)7-5-14/h4-7,15H,8-13H2,1-3H3. The van der Waals surface area contributed by atoms with Gasteiger partial charge in [-0.1, -0.05) is 12.1 Å². The Labute approximate surface area is 147 Å². The van der Waals surface area contributed by atoms with Crippen molar-refractivity contribution >= 4 is 6.09 Å². The fourth-order valence-electron chi connectivity index (χ4n) is 3.04. The number of alkyl halides is 2. The molecule has 0 spiro atoms. The quantitative estimate of drug-likeness (QED) is 0.755. The second-order valence-electron chi connectivity index (χ2n) is 7.77. The first-order chi connectivity index (χ1) is 11.5. The Morgan fingerprint density at radius 3 is 2.24 bits per heavy atom. The third kappa shape index (κ3) is 6.59. The summed E-state index contributed by atoms with van der Waals surface area (Å²) in [7, 11) is 0. The van der Waals surface area contributed by atoms with Gasteiger partial charge in [0.25, 0.3) is 5.92 Å². The minimum Gasteiger partial charge on any atom is -0.444 e. The van der Waals surface area contributed by atoms with E-state index in [0.717, 1.165) is 0 Å². The van der Waals surface area contributed by atoms with E-state index < -0.39 is 17.3 Å². The van der Waals surface area contributed by atoms with Crippen molar-refractivity contribution in [3.8, 4) is 0 Å². The molecule has 1 fully saturated rings. The molecule has 0 aliphatic carbocycles. The van der Waals surface area contributed by atoms with Crippen LogP contribution in [0.15, 0.2) is 24.3 Å². The minimum atomic E-state index is -2.84. The van der Waals surface area contributed by atoms with Crippen molar-refractivity contribution in [2.24, 2.45) is 5.92 Å². The van der Waals surface area contributed by atoms with Crippen molar-refractivity contribution in [3.63, 3.8) is 0 Å². The smallest absolute Gasteiger partial charge is 0.410 e. The zero-order valence-corrected chi connectivity index (χ0v) is 15.0. The molecule has 0 radical (unpaired) electrons. The molecule has 0 unspecified atom stereocenters. The number of rotatable bonds is 4. The number of halogens is 3. The molecule has 0 N–H and O–H groups in total. The molecule has 0 atom stereocenters. The SMILES string of the molecule is CC(C)(C)OC(=O)N1CCC(CC(F)(F)Cc2ccc(F)cc2)CC1. The lowest BCUT2D eigenvalue weighted by Crippen LogP contribution is -2.42. The Bertz CT molecular complexity index is 573. The second kappa shape index (κ2) is 7.67. The molecule has 1 saturated heterocycles. The van der Waals surface area contributed by atoms with Crippen molar-refractivity contribution in [2.75, 3.05) is 13.1 Å². The lowest BCUT2D eigenvalue weighted by Gasteiger charge is -2.34. The Morgan fingerprint density at radius 1 is 1.16 bits per heavy atom. The van der Waals surface area contributed by atoms with Crippen molar-refractivity contribution in [1.29, 1.82) is 0 Å². The van der Waals surface area contributed by atoms with Gasteiger partial charge in [0.2, 0.25) is 0 Å². The summed E-state index contributed by atoms with van der Waals surface area (Å²) in [6.07, 6.45) is 0.0896. The van der Waals surface area contributed by atoms with E-state index in [1.165, 1.54) is 24.3 Å². The molecule has 140 valence electrons. The van der Waals surface area contributed by atoms with Gasteiger partial charge in [-0.3, -0.25) is 0 Å². The van der Waals surface area contributed by atoms with Crippen LogP contribution in [0.25, 0.3) is 0 Å². The second-order valence-corrected chi connectivity index (χ2v) is 7.77. The number of carbonyl (C=O) groups excluding carboxylic acids is 1. The number of piperidine rings is 1. The van der Waals surface area contributed by atoms with Crippen LogP contribution in [0.5, 0.6) is 0 Å². The maximum absolute atomic E-state index is 14.3. The Hall–Kier alpha value is -1.72. The summed E-state index contributed by atoms with van der Waals surface area (Å²) < 4.78 is 46.7. The van der Waals surface area contributed by atoms with Gasteiger partial charge in [-0.25, -0.2) is 18.0 Å². The van der Waals surface area contributed by atoms with Crippen LogP contribution in [0.4, 0.5) is 18.0 Å². The van der Waals surface area contributed by atoms with Gasteiger partial charge in [-0.15, -0.1) is 0 Å². The fraction of sp³-hybridized carbons (Fsp3) is 0.632. The van der Waals surface area contributed by atoms with Gasteiger partial charge in [0.15, 0.2) is 0 Å². The minimum absolute atomic E-state index is 0.130. The Morgan fingerprint density at radius 2 is 1.72 bits per heavy atom. The maximum Gasteiger partial charge on any atom is 0.410 e. The Kier molecular flexibility index (Phi) is 6.01. The molecular weight excluding hydrogens is 331 g/mol. The fourth-order valence-corrected chi connectivity index (χ4v) is 3.04. The van der Waals surface area contributed by atoms with E-state index in [2.05, 4.69) is 0 Å². The average Bonchev–Trinajstić information content (AvgIpc) is 2.48. The third-order valence-electron chi connectivity index (χ3n) is 4.23. The van der Waals surface area contributed by atoms with Crippen LogP contribution in [-0.2, 0) is 11.2 Å². The molecule has 1 aromatic rings. The lowest BCUT2D eigenvalue weighted by molar-refractivity contribution is -0.0323. The summed E-state index contributed by atoms with van der Waals surface area (Å²) in [5.41, 5.74) is -0.131. The third-order valence-corrected chi connectivity index (χ3v) is 4.23. The molecule has 6 heteroatoms. The summed E-state index contributed by atoms with van der Waals surface area (Å²) in [5.74, 6) is -3.40. The number of amides is 1. The predicted molar refractivity (Wildman–Crippen MR) is 90.2 cm³/mol. The first-order valence-electron chi connectivity index (χ1n) is 8.64. The molecule has 1 amide bonds. The highest BCUT2D eigenvalue weighted by Crippen LogP contribution is 2.33. The molecule has 0 saturated carbocycles. The van der Waals surface area contributed by atoms with Gasteiger partial charge in [0, 0.05) is 25.9 Å². The van der Waals surface area contributed by atoms with Gasteiger partial charge in [0.1, 0.15) is 11.4 Å². The number of benzene rings is 1. The summed E-state index contributed by atoms with van der Waals surface area (Å²) in [4.78, 5) is 13.6. The number of hydrogen-bond donors (Lipinski definition) is 0. The van der Waals surface area contributed by atoms with Crippen LogP contribution in [-0.4, -0.2) is 35.6 Å². The zero-order valence-electron chi connectivity index (χ0n) is 15.0. The van der Waals surface area contributed by atoms with Gasteiger partial charge >= 0.3 is 6.09 Å². The van der Waals surface area contributed by atoms with Crippen molar-refractivity contribution in [2.45, 2.75) is 58.0 Å². The number of ether oxygens (including phenoxy) is 1. The first-order valence-corrected chi connectivity index (χ1v) is 8.64. The summed E-state index contributed by atoms with van der Waals surface area (Å²) in [6.45, 7) is 6.27. The monoisotopic (exact) mass is 357 g/mol. The van der Waals surface area contributed by atoms with E-state index in [4.69, 9.17) is 4.74 Å². The molecule has 1 aliphatic heterocycles. The van der Waals surface area contributed by atoms with Crippen molar-refractivity contribution in [1.82, 2.24) is 4.90 Å². The summed E-state index contributed by atoms with van der Waals surface area (Å²) in [6, 6.07) is 5.19. The average molecular weight is 357 g/mol. The molecule has 25 heavy (non-hydrogen) atoms. The van der Waals surface area contributed by atoms with E-state index in [-0.39, 0.29) is 24.9 Å². The highest BCUT2D eigenvalue weighted by Gasteiger charge is 2.35. The normalized spacial score (nSPS) is 16.8. The van der Waals surface area contributed by atoms with E-state index >= 15 is 0 Å². The van der Waals surface area contributed by atoms with Crippen LogP contribution in [0.2, 0.25) is 0 Å². The molecule has 1 heterocycles. The number of carbonyl (C=O) groups is 1. The van der Waals surface area contributed by atoms with Crippen molar-refractivity contribution in [3.05, 3.63) is 35.6 Å². The first kappa shape index (κ1) is 19.6. The topological polar surface area (TPSA) is 29.5 Å². The van der Waals surface area contributed by atoms with Gasteiger partial charge in [-0.2, -0.15) is 0 Å². The van der Waals surface area contributed by atoms with Gasteiger partial charge in [-0.05, 0) is 57.2 Å². The number of hydrogen-bond acceptors (Lipinski definition) is 2. The van der Waals surface area contributed by atoms with E-state index in [0.29, 0.717) is 31.5 Å². The van der Waals surface area contributed by atoms with Crippen LogP contribution in [0.3, 0.4) is 0 Å². The summed E-state index contributed by atoms with van der Waals surface area (Å²) >= 11 is 0. The van der Waals surface area contributed by atoms with Crippen LogP contribution in [0, 0.1) is 11.7 Å². The highest BCUT2D eigenvalue weighted by molar-refractivity contribution is 5.68. The summed E-state index contributed by atoms with van der Waals surface area (Å²) in [5, 5.41) is 0. The Balaban J connectivity index is 1.82. The van der Waals surface area contributed by atoms with Crippen LogP contribution in [0.1, 0.15) is 45.6 Å². The van der Waals surface area contributed by atoms with Crippen LogP contribution >= 0.6 is 0 Å². The van der Waals surface area contributed by atoms with E-state index in [1.807, 2.05) is 0 Å². The molecule has 0 aromatic heterocycles. The van der Waals surface area contributed by atoms with E-state index in [9.17, 15) is 18.0 Å². The van der Waals surface area contributed by atoms with E-state index in [1.54, 1.807) is 25.7 Å². The number of nitrogens with zero attached hydrogens (tertiary/aromatic N) is 1. The molecule has 3 nitrogen and oxygen atoms in total. The molecule has 1 aromatic carbocycles. The number of likely N-dealkylation sites (tertiary alicyclic amines) is 1. The largest absolute Gasteiger partial charge is 0.444 e. The van der Waals surface area contributed by atoms with Crippen molar-refractivity contribution < 1.29 is 22.7 Å².